The highest BCUT2D eigenvalue weighted by molar-refractivity contribution is 5.23. The molecular weight excluding hydrogens is 238 g/mol. The van der Waals surface area contributed by atoms with Crippen LogP contribution in [0.5, 0.6) is 0 Å². The number of aliphatic hydroxyl groups is 1. The monoisotopic (exact) mass is 263 g/mol. The van der Waals surface area contributed by atoms with Crippen LogP contribution in [0.3, 0.4) is 0 Å². The number of hydrogen-bond donors (Lipinski definition) is 2. The largest absolute Gasteiger partial charge is 0.390 e. The van der Waals surface area contributed by atoms with E-state index in [0.29, 0.717) is 13.0 Å². The van der Waals surface area contributed by atoms with E-state index in [1.165, 1.54) is 11.1 Å². The van der Waals surface area contributed by atoms with Crippen molar-refractivity contribution in [1.29, 1.82) is 0 Å². The predicted molar refractivity (Wildman–Crippen MR) is 77.4 cm³/mol. The number of nitrogens with one attached hydrogen (secondary N) is 1. The Hall–Kier alpha value is -0.900. The second-order valence-electron chi connectivity index (χ2n) is 5.77. The molecule has 2 N–H and O–H groups in total. The lowest BCUT2D eigenvalue weighted by Gasteiger charge is -2.31. The molecule has 0 aliphatic carbocycles. The minimum absolute atomic E-state index is 0.263. The van der Waals surface area contributed by atoms with Gasteiger partial charge in [0.1, 0.15) is 0 Å². The van der Waals surface area contributed by atoms with Gasteiger partial charge in [0.15, 0.2) is 0 Å². The molecule has 106 valence electrons. The molecule has 2 atom stereocenters. The first-order valence-electron chi connectivity index (χ1n) is 7.20. The summed E-state index contributed by atoms with van der Waals surface area (Å²) in [6, 6.07) is 8.80. The van der Waals surface area contributed by atoms with Gasteiger partial charge in [-0.1, -0.05) is 31.2 Å². The summed E-state index contributed by atoms with van der Waals surface area (Å²) in [4.78, 5) is 0. The van der Waals surface area contributed by atoms with Crippen LogP contribution in [0.1, 0.15) is 31.4 Å². The third kappa shape index (κ3) is 4.60. The molecule has 19 heavy (non-hydrogen) atoms. The SMILES string of the molecule is CCc1ccc(CC(C)(O)CC2COCCN2)cc1. The number of ether oxygens (including phenoxy) is 1. The second-order valence-corrected chi connectivity index (χ2v) is 5.77. The van der Waals surface area contributed by atoms with Gasteiger partial charge >= 0.3 is 0 Å². The molecule has 1 aromatic carbocycles. The summed E-state index contributed by atoms with van der Waals surface area (Å²) in [6.07, 6.45) is 2.47. The summed E-state index contributed by atoms with van der Waals surface area (Å²) in [5, 5.41) is 13.9. The van der Waals surface area contributed by atoms with Gasteiger partial charge in [0.25, 0.3) is 0 Å². The molecule has 1 saturated heterocycles. The summed E-state index contributed by atoms with van der Waals surface area (Å²) < 4.78 is 5.43. The first kappa shape index (κ1) is 14.5. The van der Waals surface area contributed by atoms with Gasteiger partial charge in [-0.3, -0.25) is 0 Å². The Bertz CT molecular complexity index is 380. The van der Waals surface area contributed by atoms with Gasteiger partial charge < -0.3 is 15.2 Å². The molecule has 2 unspecified atom stereocenters. The van der Waals surface area contributed by atoms with Crippen LogP contribution >= 0.6 is 0 Å². The van der Waals surface area contributed by atoms with Crippen molar-refractivity contribution in [3.8, 4) is 0 Å². The van der Waals surface area contributed by atoms with Crippen molar-refractivity contribution >= 4 is 0 Å². The van der Waals surface area contributed by atoms with Gasteiger partial charge in [-0.05, 0) is 30.9 Å². The summed E-state index contributed by atoms with van der Waals surface area (Å²) in [5.74, 6) is 0. The molecule has 1 aliphatic rings. The van der Waals surface area contributed by atoms with Gasteiger partial charge in [-0.2, -0.15) is 0 Å². The Morgan fingerprint density at radius 1 is 1.32 bits per heavy atom. The Morgan fingerprint density at radius 3 is 2.58 bits per heavy atom. The zero-order valence-corrected chi connectivity index (χ0v) is 12.0. The molecule has 1 aliphatic heterocycles. The normalized spacial score (nSPS) is 23.0. The van der Waals surface area contributed by atoms with Gasteiger partial charge in [-0.25, -0.2) is 0 Å². The predicted octanol–water partition coefficient (Wildman–Crippen LogP) is 1.92. The van der Waals surface area contributed by atoms with E-state index in [2.05, 4.69) is 36.5 Å². The fraction of sp³-hybridized carbons (Fsp3) is 0.625. The van der Waals surface area contributed by atoms with Crippen molar-refractivity contribution in [2.75, 3.05) is 19.8 Å². The highest BCUT2D eigenvalue weighted by atomic mass is 16.5. The fourth-order valence-corrected chi connectivity index (χ4v) is 2.69. The van der Waals surface area contributed by atoms with E-state index in [1.807, 2.05) is 6.92 Å². The van der Waals surface area contributed by atoms with E-state index in [4.69, 9.17) is 4.74 Å². The maximum atomic E-state index is 10.6. The van der Waals surface area contributed by atoms with Crippen molar-refractivity contribution in [3.05, 3.63) is 35.4 Å². The van der Waals surface area contributed by atoms with Crippen LogP contribution in [0, 0.1) is 0 Å². The lowest BCUT2D eigenvalue weighted by atomic mass is 9.89. The molecule has 1 fully saturated rings. The molecule has 0 aromatic heterocycles. The number of hydrogen-bond acceptors (Lipinski definition) is 3. The van der Waals surface area contributed by atoms with Crippen molar-refractivity contribution in [3.63, 3.8) is 0 Å². The van der Waals surface area contributed by atoms with Crippen molar-refractivity contribution in [2.45, 2.75) is 44.8 Å². The van der Waals surface area contributed by atoms with E-state index in [1.54, 1.807) is 0 Å². The number of benzene rings is 1. The molecule has 0 radical (unpaired) electrons. The molecule has 1 heterocycles. The molecular formula is C16H25NO2. The first-order valence-corrected chi connectivity index (χ1v) is 7.20. The fourth-order valence-electron chi connectivity index (χ4n) is 2.69. The van der Waals surface area contributed by atoms with Crippen molar-refractivity contribution in [1.82, 2.24) is 5.32 Å². The Balaban J connectivity index is 1.91. The molecule has 0 amide bonds. The quantitative estimate of drug-likeness (QED) is 0.853. The molecule has 3 heteroatoms. The highest BCUT2D eigenvalue weighted by Gasteiger charge is 2.27. The summed E-state index contributed by atoms with van der Waals surface area (Å²) in [6.45, 7) is 6.42. The van der Waals surface area contributed by atoms with E-state index in [9.17, 15) is 5.11 Å². The van der Waals surface area contributed by atoms with Gasteiger partial charge in [0, 0.05) is 19.0 Å². The summed E-state index contributed by atoms with van der Waals surface area (Å²) in [7, 11) is 0. The number of aryl methyl sites for hydroxylation is 1. The summed E-state index contributed by atoms with van der Waals surface area (Å²) >= 11 is 0. The Kier molecular flexibility index (Phi) is 4.97. The zero-order valence-electron chi connectivity index (χ0n) is 12.0. The maximum Gasteiger partial charge on any atom is 0.0675 e. The molecule has 0 spiro atoms. The topological polar surface area (TPSA) is 41.5 Å². The summed E-state index contributed by atoms with van der Waals surface area (Å²) in [5.41, 5.74) is 1.84. The van der Waals surface area contributed by atoms with Gasteiger partial charge in [0.2, 0.25) is 0 Å². The van der Waals surface area contributed by atoms with E-state index in [-0.39, 0.29) is 6.04 Å². The minimum atomic E-state index is -0.688. The third-order valence-corrected chi connectivity index (χ3v) is 3.70. The average molecular weight is 263 g/mol. The number of rotatable bonds is 5. The van der Waals surface area contributed by atoms with Crippen molar-refractivity contribution in [2.24, 2.45) is 0 Å². The lowest BCUT2D eigenvalue weighted by molar-refractivity contribution is 0.00651. The van der Waals surface area contributed by atoms with Gasteiger partial charge in [0.05, 0.1) is 18.8 Å². The lowest BCUT2D eigenvalue weighted by Crippen LogP contribution is -2.46. The van der Waals surface area contributed by atoms with E-state index in [0.717, 1.165) is 26.0 Å². The van der Waals surface area contributed by atoms with Crippen LogP contribution in [0.4, 0.5) is 0 Å². The number of morpholine rings is 1. The van der Waals surface area contributed by atoms with Crippen LogP contribution in [0.2, 0.25) is 0 Å². The highest BCUT2D eigenvalue weighted by Crippen LogP contribution is 2.20. The molecule has 2 rings (SSSR count). The first-order chi connectivity index (χ1) is 9.09. The molecule has 0 bridgehead atoms. The van der Waals surface area contributed by atoms with Crippen LogP contribution in [-0.4, -0.2) is 36.5 Å². The Morgan fingerprint density at radius 2 is 2.00 bits per heavy atom. The van der Waals surface area contributed by atoms with Crippen LogP contribution in [-0.2, 0) is 17.6 Å². The van der Waals surface area contributed by atoms with Crippen LogP contribution in [0.25, 0.3) is 0 Å². The smallest absolute Gasteiger partial charge is 0.0675 e. The van der Waals surface area contributed by atoms with Crippen LogP contribution < -0.4 is 5.32 Å². The van der Waals surface area contributed by atoms with E-state index < -0.39 is 5.60 Å². The van der Waals surface area contributed by atoms with E-state index >= 15 is 0 Å². The Labute approximate surface area is 116 Å². The average Bonchev–Trinajstić information content (AvgIpc) is 2.39. The molecule has 1 aromatic rings. The van der Waals surface area contributed by atoms with Crippen LogP contribution in [0.15, 0.2) is 24.3 Å². The maximum absolute atomic E-state index is 10.6. The van der Waals surface area contributed by atoms with Crippen molar-refractivity contribution < 1.29 is 9.84 Å². The molecule has 3 nitrogen and oxygen atoms in total. The van der Waals surface area contributed by atoms with Gasteiger partial charge in [-0.15, -0.1) is 0 Å². The third-order valence-electron chi connectivity index (χ3n) is 3.70. The molecule has 0 saturated carbocycles. The minimum Gasteiger partial charge on any atom is -0.390 e. The standard InChI is InChI=1S/C16H25NO2/c1-3-13-4-6-14(7-5-13)10-16(2,18)11-15-12-19-9-8-17-15/h4-7,15,17-18H,3,8-12H2,1-2H3. The second kappa shape index (κ2) is 6.51. The zero-order chi connectivity index (χ0) is 13.7.